The van der Waals surface area contributed by atoms with E-state index in [1.807, 2.05) is 42.2 Å². The Morgan fingerprint density at radius 3 is 2.25 bits per heavy atom. The van der Waals surface area contributed by atoms with Gasteiger partial charge in [0.05, 0.1) is 33.4 Å². The summed E-state index contributed by atoms with van der Waals surface area (Å²) in [7, 11) is 2.47. The van der Waals surface area contributed by atoms with E-state index in [2.05, 4.69) is 4.98 Å². The molecular formula is C20H24N2O6. The highest BCUT2D eigenvalue weighted by Gasteiger charge is 2.42. The predicted molar refractivity (Wildman–Crippen MR) is 100 cm³/mol. The molecule has 0 saturated carbocycles. The lowest BCUT2D eigenvalue weighted by molar-refractivity contribution is -0.159. The van der Waals surface area contributed by atoms with Crippen molar-refractivity contribution in [2.45, 2.75) is 12.8 Å². The molecule has 1 unspecified atom stereocenters. The molecule has 2 aromatic rings. The van der Waals surface area contributed by atoms with Crippen LogP contribution in [-0.4, -0.2) is 57.4 Å². The average molecular weight is 388 g/mol. The van der Waals surface area contributed by atoms with Gasteiger partial charge in [0.25, 0.3) is 0 Å². The summed E-state index contributed by atoms with van der Waals surface area (Å²) in [6.45, 7) is 4.41. The molecule has 3 rings (SSSR count). The SMILES string of the molecule is COC(=O)C(C(=O)OC)C(c1ccccc1)c1nc(C)c(N2CCOCC2)o1. The molecule has 8 nitrogen and oxygen atoms in total. The number of esters is 2. The predicted octanol–water partition coefficient (Wildman–Crippen LogP) is 1.91. The number of benzene rings is 1. The van der Waals surface area contributed by atoms with E-state index in [-0.39, 0.29) is 5.89 Å². The van der Waals surface area contributed by atoms with Crippen LogP contribution in [0, 0.1) is 12.8 Å². The first kappa shape index (κ1) is 19.9. The van der Waals surface area contributed by atoms with Gasteiger partial charge in [-0.3, -0.25) is 9.59 Å². The number of anilines is 1. The number of hydrogen-bond donors (Lipinski definition) is 0. The molecule has 0 spiro atoms. The van der Waals surface area contributed by atoms with Gasteiger partial charge < -0.3 is 23.5 Å². The fraction of sp³-hybridized carbons (Fsp3) is 0.450. The van der Waals surface area contributed by atoms with Crippen LogP contribution in [0.1, 0.15) is 23.1 Å². The van der Waals surface area contributed by atoms with Crippen molar-refractivity contribution in [2.75, 3.05) is 45.4 Å². The van der Waals surface area contributed by atoms with Crippen LogP contribution in [0.5, 0.6) is 0 Å². The topological polar surface area (TPSA) is 91.1 Å². The molecule has 28 heavy (non-hydrogen) atoms. The van der Waals surface area contributed by atoms with Crippen molar-refractivity contribution in [1.29, 1.82) is 0 Å². The summed E-state index contributed by atoms with van der Waals surface area (Å²) in [5, 5.41) is 0. The van der Waals surface area contributed by atoms with Crippen LogP contribution >= 0.6 is 0 Å². The molecule has 1 atom stereocenters. The number of rotatable bonds is 6. The molecule has 1 aliphatic heterocycles. The second kappa shape index (κ2) is 8.88. The van der Waals surface area contributed by atoms with Crippen LogP contribution in [0.25, 0.3) is 0 Å². The van der Waals surface area contributed by atoms with Crippen molar-refractivity contribution in [3.63, 3.8) is 0 Å². The summed E-state index contributed by atoms with van der Waals surface area (Å²) < 4.78 is 21.2. The summed E-state index contributed by atoms with van der Waals surface area (Å²) in [4.78, 5) is 31.5. The molecule has 1 fully saturated rings. The smallest absolute Gasteiger partial charge is 0.321 e. The molecule has 8 heteroatoms. The first-order valence-electron chi connectivity index (χ1n) is 9.07. The number of ether oxygens (including phenoxy) is 3. The summed E-state index contributed by atoms with van der Waals surface area (Å²) in [5.74, 6) is -2.52. The summed E-state index contributed by atoms with van der Waals surface area (Å²) in [6.07, 6.45) is 0. The van der Waals surface area contributed by atoms with Gasteiger partial charge in [0.2, 0.25) is 11.8 Å². The van der Waals surface area contributed by atoms with Crippen LogP contribution in [-0.2, 0) is 23.8 Å². The van der Waals surface area contributed by atoms with Crippen molar-refractivity contribution in [3.8, 4) is 0 Å². The molecular weight excluding hydrogens is 364 g/mol. The summed E-state index contributed by atoms with van der Waals surface area (Å²) in [6, 6.07) is 9.14. The van der Waals surface area contributed by atoms with E-state index < -0.39 is 23.8 Å². The Labute approximate surface area is 163 Å². The maximum atomic E-state index is 12.5. The van der Waals surface area contributed by atoms with Crippen LogP contribution in [0.4, 0.5) is 5.88 Å². The van der Waals surface area contributed by atoms with E-state index in [4.69, 9.17) is 18.6 Å². The highest BCUT2D eigenvalue weighted by atomic mass is 16.5. The zero-order valence-electron chi connectivity index (χ0n) is 16.2. The van der Waals surface area contributed by atoms with Crippen molar-refractivity contribution >= 4 is 17.8 Å². The minimum Gasteiger partial charge on any atom is -0.468 e. The van der Waals surface area contributed by atoms with Gasteiger partial charge in [-0.1, -0.05) is 30.3 Å². The molecule has 0 radical (unpaired) electrons. The van der Waals surface area contributed by atoms with Gasteiger partial charge in [-0.15, -0.1) is 0 Å². The number of nitrogens with zero attached hydrogens (tertiary/aromatic N) is 2. The van der Waals surface area contributed by atoms with Crippen molar-refractivity contribution in [3.05, 3.63) is 47.5 Å². The molecule has 1 aliphatic rings. The Morgan fingerprint density at radius 2 is 1.68 bits per heavy atom. The second-order valence-corrected chi connectivity index (χ2v) is 6.45. The van der Waals surface area contributed by atoms with E-state index in [0.717, 1.165) is 0 Å². The average Bonchev–Trinajstić information content (AvgIpc) is 3.13. The third-order valence-electron chi connectivity index (χ3n) is 4.76. The van der Waals surface area contributed by atoms with Gasteiger partial charge in [-0.25, -0.2) is 4.98 Å². The number of methoxy groups -OCH3 is 2. The Morgan fingerprint density at radius 1 is 1.07 bits per heavy atom. The van der Waals surface area contributed by atoms with E-state index in [1.165, 1.54) is 14.2 Å². The number of oxazole rings is 1. The third kappa shape index (κ3) is 4.01. The Hall–Kier alpha value is -2.87. The van der Waals surface area contributed by atoms with Gasteiger partial charge in [0.1, 0.15) is 5.69 Å². The number of carbonyl (C=O) groups excluding carboxylic acids is 2. The van der Waals surface area contributed by atoms with Gasteiger partial charge in [0.15, 0.2) is 5.92 Å². The summed E-state index contributed by atoms with van der Waals surface area (Å²) in [5.41, 5.74) is 1.39. The van der Waals surface area contributed by atoms with E-state index >= 15 is 0 Å². The summed E-state index contributed by atoms with van der Waals surface area (Å²) >= 11 is 0. The number of morpholine rings is 1. The lowest BCUT2D eigenvalue weighted by atomic mass is 9.85. The van der Waals surface area contributed by atoms with Gasteiger partial charge in [-0.05, 0) is 12.5 Å². The fourth-order valence-corrected chi connectivity index (χ4v) is 3.36. The molecule has 2 heterocycles. The quantitative estimate of drug-likeness (QED) is 0.548. The normalized spacial score (nSPS) is 15.4. The Kier molecular flexibility index (Phi) is 6.30. The largest absolute Gasteiger partial charge is 0.468 e. The zero-order chi connectivity index (χ0) is 20.1. The maximum Gasteiger partial charge on any atom is 0.321 e. The third-order valence-corrected chi connectivity index (χ3v) is 4.76. The molecule has 1 aromatic heterocycles. The van der Waals surface area contributed by atoms with E-state index in [1.54, 1.807) is 0 Å². The van der Waals surface area contributed by atoms with E-state index in [0.29, 0.717) is 43.4 Å². The van der Waals surface area contributed by atoms with Crippen molar-refractivity contribution in [1.82, 2.24) is 4.98 Å². The van der Waals surface area contributed by atoms with Crippen LogP contribution in [0.3, 0.4) is 0 Å². The monoisotopic (exact) mass is 388 g/mol. The van der Waals surface area contributed by atoms with E-state index in [9.17, 15) is 9.59 Å². The minimum absolute atomic E-state index is 0.269. The second-order valence-electron chi connectivity index (χ2n) is 6.45. The fourth-order valence-electron chi connectivity index (χ4n) is 3.36. The van der Waals surface area contributed by atoms with Crippen LogP contribution in [0.2, 0.25) is 0 Å². The minimum atomic E-state index is -1.23. The lowest BCUT2D eigenvalue weighted by Gasteiger charge is -2.26. The number of carbonyl (C=O) groups is 2. The molecule has 0 N–H and O–H groups in total. The molecule has 0 aliphatic carbocycles. The van der Waals surface area contributed by atoms with Crippen LogP contribution < -0.4 is 4.90 Å². The molecule has 0 bridgehead atoms. The Balaban J connectivity index is 2.07. The van der Waals surface area contributed by atoms with Gasteiger partial charge in [-0.2, -0.15) is 0 Å². The number of aryl methyl sites for hydroxylation is 1. The zero-order valence-corrected chi connectivity index (χ0v) is 16.2. The van der Waals surface area contributed by atoms with Gasteiger partial charge >= 0.3 is 11.9 Å². The maximum absolute atomic E-state index is 12.5. The molecule has 0 amide bonds. The Bertz CT molecular complexity index is 797. The molecule has 1 aromatic carbocycles. The van der Waals surface area contributed by atoms with Crippen molar-refractivity contribution in [2.24, 2.45) is 5.92 Å². The van der Waals surface area contributed by atoms with Gasteiger partial charge in [0, 0.05) is 13.1 Å². The lowest BCUT2D eigenvalue weighted by Crippen LogP contribution is -2.36. The molecule has 150 valence electrons. The molecule has 1 saturated heterocycles. The highest BCUT2D eigenvalue weighted by Crippen LogP contribution is 2.36. The standard InChI is InChI=1S/C20H24N2O6/c1-13-18(22-9-11-27-12-10-22)28-17(21-13)15(14-7-5-4-6-8-14)16(19(23)25-2)20(24)26-3/h4-8,15-16H,9-12H2,1-3H3. The number of hydrogen-bond acceptors (Lipinski definition) is 8. The van der Waals surface area contributed by atoms with Crippen LogP contribution in [0.15, 0.2) is 34.7 Å². The first-order chi connectivity index (χ1) is 13.6. The highest BCUT2D eigenvalue weighted by molar-refractivity contribution is 5.96. The number of aromatic nitrogens is 1. The first-order valence-corrected chi connectivity index (χ1v) is 9.07. The van der Waals surface area contributed by atoms with Crippen molar-refractivity contribution < 1.29 is 28.2 Å².